The number of aromatic nitrogens is 1. The van der Waals surface area contributed by atoms with E-state index in [4.69, 9.17) is 9.47 Å². The summed E-state index contributed by atoms with van der Waals surface area (Å²) >= 11 is 1.35. The van der Waals surface area contributed by atoms with Crippen molar-refractivity contribution in [2.75, 3.05) is 13.7 Å². The van der Waals surface area contributed by atoms with Crippen molar-refractivity contribution < 1.29 is 19.1 Å². The zero-order valence-corrected chi connectivity index (χ0v) is 17.6. The molecule has 0 aromatic carbocycles. The molecule has 0 aliphatic heterocycles. The number of thiazole rings is 1. The lowest BCUT2D eigenvalue weighted by Gasteiger charge is -2.26. The maximum Gasteiger partial charge on any atom is 0.407 e. The molecule has 1 aromatic rings. The topological polar surface area (TPSA) is 89.5 Å². The van der Waals surface area contributed by atoms with Gasteiger partial charge < -0.3 is 20.1 Å². The van der Waals surface area contributed by atoms with Gasteiger partial charge in [-0.3, -0.25) is 4.79 Å². The Hall–Kier alpha value is -1.67. The van der Waals surface area contributed by atoms with E-state index in [0.717, 1.165) is 17.8 Å². The van der Waals surface area contributed by atoms with Crippen LogP contribution in [0.1, 0.15) is 67.8 Å². The average molecular weight is 386 g/mol. The number of amides is 2. The summed E-state index contributed by atoms with van der Waals surface area (Å²) in [5.74, 6) is -0.132. The van der Waals surface area contributed by atoms with Gasteiger partial charge in [0, 0.05) is 19.2 Å². The second-order valence-corrected chi connectivity index (χ2v) is 8.91. The summed E-state index contributed by atoms with van der Waals surface area (Å²) in [6, 6.07) is 0. The van der Waals surface area contributed by atoms with Crippen molar-refractivity contribution in [3.8, 4) is 0 Å². The Labute approximate surface area is 159 Å². The quantitative estimate of drug-likeness (QED) is 0.669. The number of hydrogen-bond acceptors (Lipinski definition) is 6. The molecule has 1 heterocycles. The van der Waals surface area contributed by atoms with Crippen LogP contribution >= 0.6 is 11.3 Å². The SMILES string of the molecule is COCc1nc(C)c(C(=O)NC(C)(C)CCCNC(=O)OC(C)(C)C)s1. The van der Waals surface area contributed by atoms with E-state index in [0.29, 0.717) is 23.7 Å². The molecule has 0 saturated carbocycles. The van der Waals surface area contributed by atoms with Crippen LogP contribution in [0.2, 0.25) is 0 Å². The third kappa shape index (κ3) is 8.14. The van der Waals surface area contributed by atoms with Crippen LogP contribution in [0.15, 0.2) is 0 Å². The van der Waals surface area contributed by atoms with Crippen LogP contribution in [0, 0.1) is 6.92 Å². The van der Waals surface area contributed by atoms with Crippen molar-refractivity contribution in [3.63, 3.8) is 0 Å². The molecule has 8 heteroatoms. The standard InChI is InChI=1S/C18H31N3O4S/c1-12-14(26-13(20-12)11-24-7)15(22)21-18(5,6)9-8-10-19-16(23)25-17(2,3)4/h8-11H2,1-7H3,(H,19,23)(H,21,22). The molecule has 2 N–H and O–H groups in total. The van der Waals surface area contributed by atoms with Crippen LogP contribution in [0.5, 0.6) is 0 Å². The predicted molar refractivity (Wildman–Crippen MR) is 103 cm³/mol. The first-order chi connectivity index (χ1) is 11.9. The minimum Gasteiger partial charge on any atom is -0.444 e. The van der Waals surface area contributed by atoms with Crippen LogP contribution in [-0.2, 0) is 16.1 Å². The number of carbonyl (C=O) groups is 2. The number of nitrogens with zero attached hydrogens (tertiary/aromatic N) is 1. The molecule has 1 aromatic heterocycles. The normalized spacial score (nSPS) is 12.0. The van der Waals surface area contributed by atoms with E-state index in [1.807, 2.05) is 41.5 Å². The Balaban J connectivity index is 2.46. The number of nitrogens with one attached hydrogen (secondary N) is 2. The zero-order valence-electron chi connectivity index (χ0n) is 16.8. The van der Waals surface area contributed by atoms with E-state index in [9.17, 15) is 9.59 Å². The Bertz CT molecular complexity index is 620. The summed E-state index contributed by atoms with van der Waals surface area (Å²) in [5.41, 5.74) is -0.196. The fraction of sp³-hybridized carbons (Fsp3) is 0.722. The van der Waals surface area contributed by atoms with E-state index in [-0.39, 0.29) is 5.91 Å². The molecule has 0 aliphatic rings. The van der Waals surface area contributed by atoms with Crippen LogP contribution < -0.4 is 10.6 Å². The molecule has 0 unspecified atom stereocenters. The van der Waals surface area contributed by atoms with Crippen molar-refractivity contribution in [2.24, 2.45) is 0 Å². The van der Waals surface area contributed by atoms with E-state index in [1.54, 1.807) is 7.11 Å². The Kier molecular flexibility index (Phi) is 8.02. The second-order valence-electron chi connectivity index (χ2n) is 7.83. The van der Waals surface area contributed by atoms with Crippen LogP contribution in [-0.4, -0.2) is 41.8 Å². The Morgan fingerprint density at radius 3 is 2.42 bits per heavy atom. The first-order valence-corrected chi connectivity index (χ1v) is 9.50. The fourth-order valence-corrected chi connectivity index (χ4v) is 3.24. The van der Waals surface area contributed by atoms with Crippen molar-refractivity contribution in [1.82, 2.24) is 15.6 Å². The summed E-state index contributed by atoms with van der Waals surface area (Å²) < 4.78 is 10.3. The molecule has 0 fully saturated rings. The third-order valence-corrected chi connectivity index (χ3v) is 4.54. The summed E-state index contributed by atoms with van der Waals surface area (Å²) in [6.45, 7) is 12.1. The molecular weight excluding hydrogens is 354 g/mol. The van der Waals surface area contributed by atoms with Gasteiger partial charge in [-0.1, -0.05) is 0 Å². The van der Waals surface area contributed by atoms with Gasteiger partial charge in [-0.25, -0.2) is 9.78 Å². The lowest BCUT2D eigenvalue weighted by molar-refractivity contribution is 0.0524. The van der Waals surface area contributed by atoms with Crippen LogP contribution in [0.25, 0.3) is 0 Å². The summed E-state index contributed by atoms with van der Waals surface area (Å²) in [5, 5.41) is 6.56. The maximum absolute atomic E-state index is 12.5. The largest absolute Gasteiger partial charge is 0.444 e. The van der Waals surface area contributed by atoms with Gasteiger partial charge >= 0.3 is 6.09 Å². The van der Waals surface area contributed by atoms with E-state index < -0.39 is 17.2 Å². The summed E-state index contributed by atoms with van der Waals surface area (Å²) in [4.78, 5) is 29.1. The zero-order chi connectivity index (χ0) is 20.0. The number of methoxy groups -OCH3 is 1. The number of aryl methyl sites for hydroxylation is 1. The highest BCUT2D eigenvalue weighted by Gasteiger charge is 2.24. The predicted octanol–water partition coefficient (Wildman–Crippen LogP) is 3.41. The van der Waals surface area contributed by atoms with Crippen LogP contribution in [0.3, 0.4) is 0 Å². The molecule has 0 spiro atoms. The second kappa shape index (κ2) is 9.32. The Morgan fingerprint density at radius 1 is 1.19 bits per heavy atom. The Morgan fingerprint density at radius 2 is 1.85 bits per heavy atom. The monoisotopic (exact) mass is 385 g/mol. The van der Waals surface area contributed by atoms with Crippen molar-refractivity contribution in [2.45, 2.75) is 72.1 Å². The van der Waals surface area contributed by atoms with Crippen molar-refractivity contribution >= 4 is 23.3 Å². The van der Waals surface area contributed by atoms with Crippen molar-refractivity contribution in [3.05, 3.63) is 15.6 Å². The number of carbonyl (C=O) groups excluding carboxylic acids is 2. The summed E-state index contributed by atoms with van der Waals surface area (Å²) in [6.07, 6.45) is 1.02. The van der Waals surface area contributed by atoms with Gasteiger partial charge in [0.25, 0.3) is 5.91 Å². The first kappa shape index (κ1) is 22.4. The minimum atomic E-state index is -0.508. The fourth-order valence-electron chi connectivity index (χ4n) is 2.31. The molecule has 0 bridgehead atoms. The van der Waals surface area contributed by atoms with Gasteiger partial charge in [0.15, 0.2) is 0 Å². The third-order valence-electron chi connectivity index (χ3n) is 3.41. The van der Waals surface area contributed by atoms with Gasteiger partial charge in [-0.2, -0.15) is 0 Å². The molecule has 148 valence electrons. The molecule has 26 heavy (non-hydrogen) atoms. The molecule has 0 saturated heterocycles. The molecule has 0 atom stereocenters. The first-order valence-electron chi connectivity index (χ1n) is 8.68. The van der Waals surface area contributed by atoms with E-state index >= 15 is 0 Å². The van der Waals surface area contributed by atoms with Gasteiger partial charge in [0.05, 0.1) is 12.3 Å². The molecule has 2 amide bonds. The highest BCUT2D eigenvalue weighted by molar-refractivity contribution is 7.13. The van der Waals surface area contributed by atoms with Gasteiger partial charge in [-0.05, 0) is 54.4 Å². The molecule has 0 aliphatic carbocycles. The average Bonchev–Trinajstić information content (AvgIpc) is 2.83. The lowest BCUT2D eigenvalue weighted by Crippen LogP contribution is -2.44. The smallest absolute Gasteiger partial charge is 0.407 e. The molecule has 0 radical (unpaired) electrons. The molecular formula is C18H31N3O4S. The highest BCUT2D eigenvalue weighted by Crippen LogP contribution is 2.20. The molecule has 1 rings (SSSR count). The van der Waals surface area contributed by atoms with Gasteiger partial charge in [0.1, 0.15) is 15.5 Å². The number of ether oxygens (including phenoxy) is 2. The highest BCUT2D eigenvalue weighted by atomic mass is 32.1. The lowest BCUT2D eigenvalue weighted by atomic mass is 9.98. The van der Waals surface area contributed by atoms with Crippen molar-refractivity contribution in [1.29, 1.82) is 0 Å². The van der Waals surface area contributed by atoms with Gasteiger partial charge in [-0.15, -0.1) is 11.3 Å². The number of rotatable bonds is 8. The number of alkyl carbamates (subject to hydrolysis) is 1. The van der Waals surface area contributed by atoms with E-state index in [2.05, 4.69) is 15.6 Å². The van der Waals surface area contributed by atoms with Gasteiger partial charge in [0.2, 0.25) is 0 Å². The number of hydrogen-bond donors (Lipinski definition) is 2. The van der Waals surface area contributed by atoms with E-state index in [1.165, 1.54) is 11.3 Å². The van der Waals surface area contributed by atoms with Crippen LogP contribution in [0.4, 0.5) is 4.79 Å². The summed E-state index contributed by atoms with van der Waals surface area (Å²) in [7, 11) is 1.60. The molecule has 7 nitrogen and oxygen atoms in total. The maximum atomic E-state index is 12.5. The minimum absolute atomic E-state index is 0.132.